The van der Waals surface area contributed by atoms with Crippen molar-refractivity contribution in [2.45, 2.75) is 6.92 Å². The topological polar surface area (TPSA) is 32.6 Å². The molecular weight excluding hydrogens is 174 g/mol. The molecule has 0 aliphatic heterocycles. The van der Waals surface area contributed by atoms with E-state index in [1.165, 1.54) is 0 Å². The van der Waals surface area contributed by atoms with Crippen LogP contribution in [0.4, 0.5) is 0 Å². The van der Waals surface area contributed by atoms with Gasteiger partial charge >= 0.3 is 0 Å². The van der Waals surface area contributed by atoms with Crippen LogP contribution in [-0.2, 0) is 7.05 Å². The number of H-pyrrole nitrogens is 1. The van der Waals surface area contributed by atoms with Crippen molar-refractivity contribution in [3.05, 3.63) is 23.0 Å². The van der Waals surface area contributed by atoms with Gasteiger partial charge in [0.2, 0.25) is 6.20 Å². The van der Waals surface area contributed by atoms with Gasteiger partial charge in [0.05, 0.1) is 5.39 Å². The highest BCUT2D eigenvalue weighted by Gasteiger charge is 2.08. The van der Waals surface area contributed by atoms with E-state index in [0.29, 0.717) is 5.15 Å². The molecule has 2 heterocycles. The number of fused-ring (bicyclic) bond motifs is 1. The maximum Gasteiger partial charge on any atom is 0.204 e. The lowest BCUT2D eigenvalue weighted by Crippen LogP contribution is -2.28. The monoisotopic (exact) mass is 182 g/mol. The van der Waals surface area contributed by atoms with Crippen molar-refractivity contribution in [3.63, 3.8) is 0 Å². The number of hydrogen-bond acceptors (Lipinski definition) is 1. The molecule has 62 valence electrons. The zero-order chi connectivity index (χ0) is 8.72. The zero-order valence-corrected chi connectivity index (χ0v) is 7.68. The molecule has 0 aromatic carbocycles. The van der Waals surface area contributed by atoms with Crippen LogP contribution in [0.2, 0.25) is 5.15 Å². The van der Waals surface area contributed by atoms with Gasteiger partial charge in [-0.3, -0.25) is 0 Å². The standard InChI is InChI=1S/C8H8ClN3/c1-5-3-7(9)10-8-6(5)4-12(2)11-8/h3-4H,1-2H3/p+1. The molecule has 2 aromatic rings. The third-order valence-corrected chi connectivity index (χ3v) is 2.03. The van der Waals surface area contributed by atoms with Crippen molar-refractivity contribution in [2.24, 2.45) is 7.05 Å². The Morgan fingerprint density at radius 3 is 3.08 bits per heavy atom. The van der Waals surface area contributed by atoms with Crippen molar-refractivity contribution in [3.8, 4) is 0 Å². The fourth-order valence-corrected chi connectivity index (χ4v) is 1.53. The minimum Gasteiger partial charge on any atom is -0.213 e. The Kier molecular flexibility index (Phi) is 1.54. The van der Waals surface area contributed by atoms with Crippen LogP contribution in [0.5, 0.6) is 0 Å². The number of nitrogens with zero attached hydrogens (tertiary/aromatic N) is 2. The van der Waals surface area contributed by atoms with Gasteiger partial charge in [-0.25, -0.2) is 4.98 Å². The molecule has 2 aromatic heterocycles. The van der Waals surface area contributed by atoms with Gasteiger partial charge in [-0.05, 0) is 18.6 Å². The van der Waals surface area contributed by atoms with Gasteiger partial charge in [0.15, 0.2) is 12.7 Å². The lowest BCUT2D eigenvalue weighted by molar-refractivity contribution is -0.724. The summed E-state index contributed by atoms with van der Waals surface area (Å²) in [6.45, 7) is 2.02. The SMILES string of the molecule is Cc1cc(Cl)nc2[nH][n+](C)cc12. The Labute approximate surface area is 75.0 Å². The molecule has 0 saturated carbocycles. The Balaban J connectivity index is 2.88. The maximum atomic E-state index is 5.79. The first-order valence-electron chi connectivity index (χ1n) is 3.68. The minimum atomic E-state index is 0.530. The van der Waals surface area contributed by atoms with Crippen LogP contribution >= 0.6 is 11.6 Å². The number of rotatable bonds is 0. The second-order valence-corrected chi connectivity index (χ2v) is 3.26. The first kappa shape index (κ1) is 7.55. The summed E-state index contributed by atoms with van der Waals surface area (Å²) in [5.41, 5.74) is 1.98. The molecule has 0 unspecified atom stereocenters. The van der Waals surface area contributed by atoms with E-state index >= 15 is 0 Å². The molecule has 0 bridgehead atoms. The molecule has 0 spiro atoms. The van der Waals surface area contributed by atoms with Gasteiger partial charge in [-0.15, -0.1) is 9.78 Å². The fourth-order valence-electron chi connectivity index (χ4n) is 1.28. The summed E-state index contributed by atoms with van der Waals surface area (Å²) in [6.07, 6.45) is 1.99. The van der Waals surface area contributed by atoms with Gasteiger partial charge in [0.25, 0.3) is 0 Å². The van der Waals surface area contributed by atoms with E-state index in [4.69, 9.17) is 11.6 Å². The van der Waals surface area contributed by atoms with Crippen LogP contribution in [0.25, 0.3) is 11.0 Å². The molecule has 2 rings (SSSR count). The van der Waals surface area contributed by atoms with E-state index < -0.39 is 0 Å². The summed E-state index contributed by atoms with van der Waals surface area (Å²) >= 11 is 5.79. The molecule has 0 fully saturated rings. The van der Waals surface area contributed by atoms with Gasteiger partial charge in [-0.1, -0.05) is 11.6 Å². The second-order valence-electron chi connectivity index (χ2n) is 2.88. The molecule has 0 aliphatic rings. The van der Waals surface area contributed by atoms with Gasteiger partial charge < -0.3 is 0 Å². The van der Waals surface area contributed by atoms with Gasteiger partial charge in [0, 0.05) is 0 Å². The Hall–Kier alpha value is -1.09. The highest BCUT2D eigenvalue weighted by Crippen LogP contribution is 2.16. The first-order valence-corrected chi connectivity index (χ1v) is 4.06. The number of hydrogen-bond donors (Lipinski definition) is 1. The van der Waals surface area contributed by atoms with Crippen molar-refractivity contribution >= 4 is 22.6 Å². The first-order chi connectivity index (χ1) is 5.66. The maximum absolute atomic E-state index is 5.79. The van der Waals surface area contributed by atoms with Crippen LogP contribution < -0.4 is 4.68 Å². The average Bonchev–Trinajstić information content (AvgIpc) is 2.29. The summed E-state index contributed by atoms with van der Waals surface area (Å²) in [7, 11) is 1.93. The molecule has 0 aliphatic carbocycles. The van der Waals surface area contributed by atoms with Crippen LogP contribution in [0.1, 0.15) is 5.56 Å². The molecule has 3 nitrogen and oxygen atoms in total. The fraction of sp³-hybridized carbons (Fsp3) is 0.250. The third-order valence-electron chi connectivity index (χ3n) is 1.84. The van der Waals surface area contributed by atoms with E-state index in [9.17, 15) is 0 Å². The Bertz CT molecular complexity index is 433. The van der Waals surface area contributed by atoms with Crippen molar-refractivity contribution in [2.75, 3.05) is 0 Å². The molecule has 0 amide bonds. The lowest BCUT2D eigenvalue weighted by atomic mass is 10.2. The smallest absolute Gasteiger partial charge is 0.204 e. The number of nitrogens with one attached hydrogen (secondary N) is 1. The lowest BCUT2D eigenvalue weighted by Gasteiger charge is -1.91. The number of halogens is 1. The van der Waals surface area contributed by atoms with Crippen LogP contribution in [-0.4, -0.2) is 10.1 Å². The highest BCUT2D eigenvalue weighted by atomic mass is 35.5. The molecule has 0 atom stereocenters. The summed E-state index contributed by atoms with van der Waals surface area (Å²) in [5, 5.41) is 4.70. The Morgan fingerprint density at radius 1 is 1.58 bits per heavy atom. The van der Waals surface area contributed by atoms with E-state index in [2.05, 4.69) is 10.1 Å². The van der Waals surface area contributed by atoms with E-state index in [-0.39, 0.29) is 0 Å². The van der Waals surface area contributed by atoms with Crippen LogP contribution in [0.3, 0.4) is 0 Å². The number of pyridine rings is 1. The summed E-state index contributed by atoms with van der Waals surface area (Å²) in [5.74, 6) is 0. The quantitative estimate of drug-likeness (QED) is 0.484. The van der Waals surface area contributed by atoms with Gasteiger partial charge in [-0.2, -0.15) is 0 Å². The highest BCUT2D eigenvalue weighted by molar-refractivity contribution is 6.29. The molecule has 4 heteroatoms. The minimum absolute atomic E-state index is 0.530. The summed E-state index contributed by atoms with van der Waals surface area (Å²) in [4.78, 5) is 4.15. The van der Waals surface area contributed by atoms with Crippen LogP contribution in [0, 0.1) is 6.92 Å². The summed E-state index contributed by atoms with van der Waals surface area (Å²) < 4.78 is 1.86. The van der Waals surface area contributed by atoms with Crippen molar-refractivity contribution in [1.82, 2.24) is 10.1 Å². The van der Waals surface area contributed by atoms with E-state index in [1.54, 1.807) is 0 Å². The second kappa shape index (κ2) is 2.45. The van der Waals surface area contributed by atoms with E-state index in [1.807, 2.05) is 30.9 Å². The molecular formula is C8H9ClN3+. The van der Waals surface area contributed by atoms with E-state index in [0.717, 1.165) is 16.6 Å². The van der Waals surface area contributed by atoms with Crippen molar-refractivity contribution < 1.29 is 4.68 Å². The molecule has 1 N–H and O–H groups in total. The molecule has 0 saturated heterocycles. The third kappa shape index (κ3) is 1.06. The molecule has 0 radical (unpaired) electrons. The van der Waals surface area contributed by atoms with Crippen molar-refractivity contribution in [1.29, 1.82) is 0 Å². The number of aromatic nitrogens is 3. The van der Waals surface area contributed by atoms with Gasteiger partial charge in [0.1, 0.15) is 5.15 Å². The predicted octanol–water partition coefficient (Wildman–Crippen LogP) is 1.35. The summed E-state index contributed by atoms with van der Waals surface area (Å²) in [6, 6.07) is 1.86. The molecule has 12 heavy (non-hydrogen) atoms. The average molecular weight is 183 g/mol. The normalized spacial score (nSPS) is 10.9. The number of aryl methyl sites for hydroxylation is 2. The van der Waals surface area contributed by atoms with Crippen LogP contribution in [0.15, 0.2) is 12.3 Å². The zero-order valence-electron chi connectivity index (χ0n) is 6.93. The predicted molar refractivity (Wildman–Crippen MR) is 47.0 cm³/mol. The largest absolute Gasteiger partial charge is 0.213 e. The Morgan fingerprint density at radius 2 is 2.33 bits per heavy atom. The number of aromatic amines is 1.